The Morgan fingerprint density at radius 2 is 1.76 bits per heavy atom. The van der Waals surface area contributed by atoms with Gasteiger partial charge >= 0.3 is 0 Å². The summed E-state index contributed by atoms with van der Waals surface area (Å²) in [5, 5.41) is 12.9. The number of hydrogen-bond acceptors (Lipinski definition) is 5. The van der Waals surface area contributed by atoms with Crippen molar-refractivity contribution in [2.45, 2.75) is 44.9 Å². The monoisotopic (exact) mass is 505 g/mol. The minimum absolute atomic E-state index is 0.0925. The molecule has 8 nitrogen and oxygen atoms in total. The predicted octanol–water partition coefficient (Wildman–Crippen LogP) is 6.29. The molecule has 38 heavy (non-hydrogen) atoms. The minimum atomic E-state index is 0.0925. The van der Waals surface area contributed by atoms with Gasteiger partial charge < -0.3 is 15.2 Å². The first-order valence-corrected chi connectivity index (χ1v) is 13.7. The molecule has 0 radical (unpaired) electrons. The SMILES string of the molecule is O=C(Nc1cncc(-c2cnc3[nH]nc(-c4cc5c(N6CCCCC6)cccc5[nH]4)c3c2)c1)C1CCCC1. The van der Waals surface area contributed by atoms with E-state index < -0.39 is 0 Å². The summed E-state index contributed by atoms with van der Waals surface area (Å²) in [6, 6.07) is 12.7. The molecule has 3 N–H and O–H groups in total. The van der Waals surface area contributed by atoms with Gasteiger partial charge in [0.05, 0.1) is 17.6 Å². The number of rotatable bonds is 5. The Hall–Kier alpha value is -4.20. The number of aromatic amines is 2. The Kier molecular flexibility index (Phi) is 5.80. The third-order valence-corrected chi connectivity index (χ3v) is 8.07. The largest absolute Gasteiger partial charge is 0.371 e. The van der Waals surface area contributed by atoms with E-state index in [1.54, 1.807) is 6.20 Å². The van der Waals surface area contributed by atoms with E-state index in [0.29, 0.717) is 5.69 Å². The van der Waals surface area contributed by atoms with Crippen LogP contribution in [-0.2, 0) is 4.79 Å². The van der Waals surface area contributed by atoms with Gasteiger partial charge in [-0.3, -0.25) is 14.9 Å². The van der Waals surface area contributed by atoms with Crippen LogP contribution < -0.4 is 10.2 Å². The van der Waals surface area contributed by atoms with Gasteiger partial charge in [0.2, 0.25) is 5.91 Å². The molecule has 0 unspecified atom stereocenters. The van der Waals surface area contributed by atoms with E-state index in [-0.39, 0.29) is 11.8 Å². The van der Waals surface area contributed by atoms with Crippen molar-refractivity contribution in [3.8, 4) is 22.5 Å². The highest BCUT2D eigenvalue weighted by atomic mass is 16.1. The van der Waals surface area contributed by atoms with Crippen LogP contribution in [0.25, 0.3) is 44.5 Å². The molecule has 5 heterocycles. The van der Waals surface area contributed by atoms with Gasteiger partial charge in [-0.2, -0.15) is 5.10 Å². The van der Waals surface area contributed by atoms with Gasteiger partial charge in [-0.05, 0) is 62.4 Å². The summed E-state index contributed by atoms with van der Waals surface area (Å²) >= 11 is 0. The van der Waals surface area contributed by atoms with Crippen molar-refractivity contribution in [1.82, 2.24) is 25.1 Å². The molecule has 0 atom stereocenters. The van der Waals surface area contributed by atoms with E-state index in [1.807, 2.05) is 18.5 Å². The summed E-state index contributed by atoms with van der Waals surface area (Å²) in [6.07, 6.45) is 13.3. The number of anilines is 2. The molecule has 4 aromatic heterocycles. The fraction of sp³-hybridized carbons (Fsp3) is 0.333. The second kappa shape index (κ2) is 9.59. The van der Waals surface area contributed by atoms with Crippen LogP contribution in [0.1, 0.15) is 44.9 Å². The molecule has 1 aliphatic heterocycles. The van der Waals surface area contributed by atoms with Crippen molar-refractivity contribution in [2.75, 3.05) is 23.3 Å². The summed E-state index contributed by atoms with van der Waals surface area (Å²) in [5.74, 6) is 0.201. The quantitative estimate of drug-likeness (QED) is 0.261. The molecule has 7 rings (SSSR count). The average Bonchev–Trinajstić information content (AvgIpc) is 3.73. The average molecular weight is 506 g/mol. The molecule has 2 fully saturated rings. The van der Waals surface area contributed by atoms with Crippen LogP contribution in [0, 0.1) is 5.92 Å². The van der Waals surface area contributed by atoms with Crippen molar-refractivity contribution >= 4 is 39.2 Å². The third kappa shape index (κ3) is 4.20. The van der Waals surface area contributed by atoms with Crippen molar-refractivity contribution < 1.29 is 4.79 Å². The lowest BCUT2D eigenvalue weighted by atomic mass is 10.1. The molecule has 5 aromatic rings. The van der Waals surface area contributed by atoms with Gasteiger partial charge in [-0.1, -0.05) is 18.9 Å². The number of carbonyl (C=O) groups is 1. The number of amides is 1. The standard InChI is InChI=1S/C30H31N7O/c38-30(19-7-2-3-8-19)33-22-13-20(16-31-18-22)21-14-24-28(35-36-29(24)32-17-21)26-15-23-25(34-26)9-6-10-27(23)37-11-4-1-5-12-37/h6,9-10,13-19,34H,1-5,7-8,11-12H2,(H,33,38)(H,32,35,36). The molecular formula is C30H31N7O. The van der Waals surface area contributed by atoms with Gasteiger partial charge in [0.25, 0.3) is 0 Å². The Morgan fingerprint density at radius 3 is 2.63 bits per heavy atom. The Labute approximate surface area is 220 Å². The number of carbonyl (C=O) groups excluding carboxylic acids is 1. The van der Waals surface area contributed by atoms with E-state index in [0.717, 1.165) is 77.8 Å². The van der Waals surface area contributed by atoms with Gasteiger partial charge in [0.15, 0.2) is 5.65 Å². The lowest BCUT2D eigenvalue weighted by Crippen LogP contribution is -2.29. The lowest BCUT2D eigenvalue weighted by molar-refractivity contribution is -0.119. The summed E-state index contributed by atoms with van der Waals surface area (Å²) in [7, 11) is 0. The zero-order valence-electron chi connectivity index (χ0n) is 21.3. The van der Waals surface area contributed by atoms with E-state index >= 15 is 0 Å². The Bertz CT molecular complexity index is 1620. The van der Waals surface area contributed by atoms with Gasteiger partial charge in [-0.15, -0.1) is 0 Å². The van der Waals surface area contributed by atoms with E-state index in [1.165, 1.54) is 30.3 Å². The molecule has 2 aliphatic rings. The molecular weight excluding hydrogens is 474 g/mol. The van der Waals surface area contributed by atoms with Crippen molar-refractivity contribution in [3.63, 3.8) is 0 Å². The molecule has 0 bridgehead atoms. The predicted molar refractivity (Wildman–Crippen MR) is 151 cm³/mol. The highest BCUT2D eigenvalue weighted by Gasteiger charge is 2.23. The Balaban J connectivity index is 1.22. The number of pyridine rings is 2. The molecule has 1 saturated carbocycles. The number of benzene rings is 1. The zero-order chi connectivity index (χ0) is 25.5. The fourth-order valence-corrected chi connectivity index (χ4v) is 6.04. The lowest BCUT2D eigenvalue weighted by Gasteiger charge is -2.29. The first-order valence-electron chi connectivity index (χ1n) is 13.7. The molecule has 1 saturated heterocycles. The maximum Gasteiger partial charge on any atom is 0.227 e. The van der Waals surface area contributed by atoms with Crippen LogP contribution in [0.15, 0.2) is 55.0 Å². The van der Waals surface area contributed by atoms with Crippen molar-refractivity contribution in [2.24, 2.45) is 5.92 Å². The smallest absolute Gasteiger partial charge is 0.227 e. The molecule has 1 aromatic carbocycles. The first-order chi connectivity index (χ1) is 18.7. The van der Waals surface area contributed by atoms with Crippen LogP contribution in [0.5, 0.6) is 0 Å². The van der Waals surface area contributed by atoms with E-state index in [2.05, 4.69) is 65.7 Å². The maximum atomic E-state index is 12.6. The summed E-state index contributed by atoms with van der Waals surface area (Å²) < 4.78 is 0. The molecule has 8 heteroatoms. The van der Waals surface area contributed by atoms with Crippen LogP contribution >= 0.6 is 0 Å². The highest BCUT2D eigenvalue weighted by Crippen LogP contribution is 2.35. The fourth-order valence-electron chi connectivity index (χ4n) is 6.04. The number of nitrogens with zero attached hydrogens (tertiary/aromatic N) is 4. The summed E-state index contributed by atoms with van der Waals surface area (Å²) in [5.41, 5.74) is 7.47. The molecule has 1 aliphatic carbocycles. The van der Waals surface area contributed by atoms with E-state index in [9.17, 15) is 4.79 Å². The number of H-pyrrole nitrogens is 2. The third-order valence-electron chi connectivity index (χ3n) is 8.07. The number of hydrogen-bond donors (Lipinski definition) is 3. The molecule has 0 spiro atoms. The minimum Gasteiger partial charge on any atom is -0.371 e. The summed E-state index contributed by atoms with van der Waals surface area (Å²) in [6.45, 7) is 2.21. The van der Waals surface area contributed by atoms with Crippen LogP contribution in [0.2, 0.25) is 0 Å². The number of fused-ring (bicyclic) bond motifs is 2. The van der Waals surface area contributed by atoms with Crippen LogP contribution in [0.3, 0.4) is 0 Å². The van der Waals surface area contributed by atoms with Gasteiger partial charge in [0, 0.05) is 64.5 Å². The second-order valence-corrected chi connectivity index (χ2v) is 10.6. The van der Waals surface area contributed by atoms with Crippen LogP contribution in [-0.4, -0.2) is 44.1 Å². The first kappa shape index (κ1) is 23.0. The highest BCUT2D eigenvalue weighted by molar-refractivity contribution is 6.00. The maximum absolute atomic E-state index is 12.6. The number of nitrogens with one attached hydrogen (secondary N) is 3. The normalized spacial score (nSPS) is 16.5. The van der Waals surface area contributed by atoms with E-state index in [4.69, 9.17) is 0 Å². The van der Waals surface area contributed by atoms with Crippen LogP contribution in [0.4, 0.5) is 11.4 Å². The topological polar surface area (TPSA) is 103 Å². The number of piperidine rings is 1. The molecule has 192 valence electrons. The molecule has 1 amide bonds. The van der Waals surface area contributed by atoms with Crippen molar-refractivity contribution in [3.05, 3.63) is 55.0 Å². The number of aromatic nitrogens is 5. The van der Waals surface area contributed by atoms with Gasteiger partial charge in [-0.25, -0.2) is 4.98 Å². The second-order valence-electron chi connectivity index (χ2n) is 10.6. The Morgan fingerprint density at radius 1 is 0.921 bits per heavy atom. The zero-order valence-corrected chi connectivity index (χ0v) is 21.3. The van der Waals surface area contributed by atoms with Crippen molar-refractivity contribution in [1.29, 1.82) is 0 Å². The summed E-state index contributed by atoms with van der Waals surface area (Å²) in [4.78, 5) is 27.8. The van der Waals surface area contributed by atoms with Gasteiger partial charge in [0.1, 0.15) is 5.69 Å².